The van der Waals surface area contributed by atoms with Gasteiger partial charge in [0.25, 0.3) is 6.43 Å². The first kappa shape index (κ1) is 11.6. The van der Waals surface area contributed by atoms with Gasteiger partial charge in [0, 0.05) is 4.47 Å². The van der Waals surface area contributed by atoms with Crippen molar-refractivity contribution in [2.24, 2.45) is 0 Å². The summed E-state index contributed by atoms with van der Waals surface area (Å²) in [6.07, 6.45) is -1.99. The van der Waals surface area contributed by atoms with Gasteiger partial charge in [0.2, 0.25) is 0 Å². The molecule has 0 aromatic heterocycles. The number of hydrogen-bond donors (Lipinski definition) is 1. The molecule has 0 saturated carbocycles. The Bertz CT molecular complexity index is 291. The van der Waals surface area contributed by atoms with Crippen LogP contribution in [0.15, 0.2) is 28.7 Å². The predicted octanol–water partition coefficient (Wildman–Crippen LogP) is 2.84. The van der Waals surface area contributed by atoms with E-state index in [-0.39, 0.29) is 0 Å². The minimum Gasteiger partial charge on any atom is -0.312 e. The highest BCUT2D eigenvalue weighted by atomic mass is 79.9. The molecular formula is C10H12BrF2N. The van der Waals surface area contributed by atoms with E-state index in [0.717, 1.165) is 10.0 Å². The minimum atomic E-state index is -2.33. The van der Waals surface area contributed by atoms with Crippen LogP contribution in [0.2, 0.25) is 0 Å². The monoisotopic (exact) mass is 263 g/mol. The van der Waals surface area contributed by atoms with Gasteiger partial charge in [-0.3, -0.25) is 0 Å². The second-order valence-corrected chi connectivity index (χ2v) is 3.98. The van der Waals surface area contributed by atoms with Crippen molar-refractivity contribution >= 4 is 15.9 Å². The first-order valence-corrected chi connectivity index (χ1v) is 5.12. The number of halogens is 3. The van der Waals surface area contributed by atoms with Gasteiger partial charge in [-0.1, -0.05) is 28.1 Å². The molecular weight excluding hydrogens is 252 g/mol. The zero-order valence-electron chi connectivity index (χ0n) is 7.81. The van der Waals surface area contributed by atoms with Crippen LogP contribution >= 0.6 is 15.9 Å². The van der Waals surface area contributed by atoms with E-state index in [2.05, 4.69) is 21.2 Å². The van der Waals surface area contributed by atoms with Crippen LogP contribution in [-0.4, -0.2) is 19.5 Å². The third kappa shape index (κ3) is 3.35. The van der Waals surface area contributed by atoms with Crippen LogP contribution in [0.1, 0.15) is 5.56 Å². The molecule has 0 heterocycles. The molecule has 0 amide bonds. The summed E-state index contributed by atoms with van der Waals surface area (Å²) in [5.74, 6) is 0. The second-order valence-electron chi connectivity index (χ2n) is 3.06. The molecule has 1 aromatic rings. The quantitative estimate of drug-likeness (QED) is 0.881. The average molecular weight is 264 g/mol. The Morgan fingerprint density at radius 3 is 2.64 bits per heavy atom. The van der Waals surface area contributed by atoms with Gasteiger partial charge in [-0.25, -0.2) is 8.78 Å². The Morgan fingerprint density at radius 1 is 1.43 bits per heavy atom. The molecule has 0 aliphatic carbocycles. The van der Waals surface area contributed by atoms with Crippen LogP contribution in [0, 0.1) is 0 Å². The summed E-state index contributed by atoms with van der Waals surface area (Å²) in [6.45, 7) is 0. The topological polar surface area (TPSA) is 12.0 Å². The number of alkyl halides is 2. The molecule has 1 unspecified atom stereocenters. The van der Waals surface area contributed by atoms with Crippen molar-refractivity contribution in [2.45, 2.75) is 18.9 Å². The lowest BCUT2D eigenvalue weighted by Gasteiger charge is -2.14. The highest BCUT2D eigenvalue weighted by Gasteiger charge is 2.18. The fourth-order valence-corrected chi connectivity index (χ4v) is 1.68. The Balaban J connectivity index is 2.67. The van der Waals surface area contributed by atoms with Crippen LogP contribution in [0.4, 0.5) is 8.78 Å². The van der Waals surface area contributed by atoms with Gasteiger partial charge in [-0.15, -0.1) is 0 Å². The molecule has 0 fully saturated rings. The van der Waals surface area contributed by atoms with Crippen LogP contribution in [0.3, 0.4) is 0 Å². The molecule has 1 aromatic carbocycles. The van der Waals surface area contributed by atoms with E-state index in [1.165, 1.54) is 0 Å². The normalized spacial score (nSPS) is 13.2. The molecule has 1 nitrogen and oxygen atoms in total. The highest BCUT2D eigenvalue weighted by molar-refractivity contribution is 9.10. The van der Waals surface area contributed by atoms with E-state index >= 15 is 0 Å². The molecule has 0 saturated heterocycles. The molecule has 4 heteroatoms. The van der Waals surface area contributed by atoms with Crippen LogP contribution in [-0.2, 0) is 6.42 Å². The summed E-state index contributed by atoms with van der Waals surface area (Å²) in [5, 5.41) is 2.60. The fourth-order valence-electron chi connectivity index (χ4n) is 1.24. The van der Waals surface area contributed by atoms with Gasteiger partial charge in [0.15, 0.2) is 0 Å². The smallest absolute Gasteiger partial charge is 0.254 e. The Morgan fingerprint density at radius 2 is 2.14 bits per heavy atom. The van der Waals surface area contributed by atoms with Crippen molar-refractivity contribution in [1.82, 2.24) is 5.32 Å². The molecule has 1 N–H and O–H groups in total. The van der Waals surface area contributed by atoms with Crippen molar-refractivity contribution in [3.05, 3.63) is 34.3 Å². The van der Waals surface area contributed by atoms with E-state index in [1.807, 2.05) is 24.3 Å². The molecule has 0 spiro atoms. The van der Waals surface area contributed by atoms with E-state index in [1.54, 1.807) is 7.05 Å². The summed E-state index contributed by atoms with van der Waals surface area (Å²) >= 11 is 3.30. The molecule has 78 valence electrons. The Hall–Kier alpha value is -0.480. The first-order chi connectivity index (χ1) is 6.63. The molecule has 0 bridgehead atoms. The van der Waals surface area contributed by atoms with Gasteiger partial charge in [0.05, 0.1) is 6.04 Å². The van der Waals surface area contributed by atoms with Gasteiger partial charge >= 0.3 is 0 Å². The third-order valence-electron chi connectivity index (χ3n) is 2.02. The van der Waals surface area contributed by atoms with Crippen LogP contribution in [0.5, 0.6) is 0 Å². The Kier molecular flexibility index (Phi) is 4.48. The van der Waals surface area contributed by atoms with Crippen molar-refractivity contribution < 1.29 is 8.78 Å². The summed E-state index contributed by atoms with van der Waals surface area (Å²) in [7, 11) is 1.55. The highest BCUT2D eigenvalue weighted by Crippen LogP contribution is 2.15. The standard InChI is InChI=1S/C10H12BrF2N/c1-14-9(10(12)13)6-7-3-2-4-8(11)5-7/h2-5,9-10,14H,6H2,1H3. The molecule has 1 atom stereocenters. The lowest BCUT2D eigenvalue weighted by molar-refractivity contribution is 0.102. The summed E-state index contributed by atoms with van der Waals surface area (Å²) in [4.78, 5) is 0. The minimum absolute atomic E-state index is 0.341. The van der Waals surface area contributed by atoms with Gasteiger partial charge in [-0.2, -0.15) is 0 Å². The van der Waals surface area contributed by atoms with Crippen molar-refractivity contribution in [2.75, 3.05) is 7.05 Å². The van der Waals surface area contributed by atoms with Crippen molar-refractivity contribution in [3.8, 4) is 0 Å². The van der Waals surface area contributed by atoms with Gasteiger partial charge in [-0.05, 0) is 31.2 Å². The van der Waals surface area contributed by atoms with Crippen molar-refractivity contribution in [1.29, 1.82) is 0 Å². The average Bonchev–Trinajstić information content (AvgIpc) is 2.14. The number of nitrogens with one attached hydrogen (secondary N) is 1. The molecule has 0 radical (unpaired) electrons. The maximum atomic E-state index is 12.4. The SMILES string of the molecule is CNC(Cc1cccc(Br)c1)C(F)F. The number of benzene rings is 1. The summed E-state index contributed by atoms with van der Waals surface area (Å²) < 4.78 is 25.7. The second kappa shape index (κ2) is 5.41. The van der Waals surface area contributed by atoms with E-state index in [9.17, 15) is 8.78 Å². The number of likely N-dealkylation sites (N-methyl/N-ethyl adjacent to an activating group) is 1. The van der Waals surface area contributed by atoms with Crippen LogP contribution in [0.25, 0.3) is 0 Å². The fraction of sp³-hybridized carbons (Fsp3) is 0.400. The lowest BCUT2D eigenvalue weighted by Crippen LogP contribution is -2.34. The number of hydrogen-bond acceptors (Lipinski definition) is 1. The van der Waals surface area contributed by atoms with E-state index < -0.39 is 12.5 Å². The van der Waals surface area contributed by atoms with Crippen molar-refractivity contribution in [3.63, 3.8) is 0 Å². The molecule has 14 heavy (non-hydrogen) atoms. The van der Waals surface area contributed by atoms with Gasteiger partial charge < -0.3 is 5.32 Å². The molecule has 0 aliphatic rings. The maximum absolute atomic E-state index is 12.4. The molecule has 0 aliphatic heterocycles. The zero-order chi connectivity index (χ0) is 10.6. The largest absolute Gasteiger partial charge is 0.312 e. The predicted molar refractivity (Wildman–Crippen MR) is 56.7 cm³/mol. The third-order valence-corrected chi connectivity index (χ3v) is 2.51. The van der Waals surface area contributed by atoms with E-state index in [4.69, 9.17) is 0 Å². The first-order valence-electron chi connectivity index (χ1n) is 4.33. The molecule has 1 rings (SSSR count). The summed E-state index contributed by atoms with van der Waals surface area (Å²) in [6, 6.07) is 6.64. The zero-order valence-corrected chi connectivity index (χ0v) is 9.39. The number of rotatable bonds is 4. The maximum Gasteiger partial charge on any atom is 0.254 e. The van der Waals surface area contributed by atoms with Gasteiger partial charge in [0.1, 0.15) is 0 Å². The van der Waals surface area contributed by atoms with Crippen LogP contribution < -0.4 is 5.32 Å². The lowest BCUT2D eigenvalue weighted by atomic mass is 10.1. The van der Waals surface area contributed by atoms with E-state index in [0.29, 0.717) is 6.42 Å². The summed E-state index contributed by atoms with van der Waals surface area (Å²) in [5.41, 5.74) is 0.902. The Labute approximate surface area is 90.6 Å².